The average Bonchev–Trinajstić information content (AvgIpc) is 3.28. The molecule has 0 atom stereocenters. The summed E-state index contributed by atoms with van der Waals surface area (Å²) in [7, 11) is 4.08. The van der Waals surface area contributed by atoms with Gasteiger partial charge in [0, 0.05) is 49.4 Å². The van der Waals surface area contributed by atoms with Crippen molar-refractivity contribution in [2.24, 2.45) is 0 Å². The molecular formula is C21H24N6S. The van der Waals surface area contributed by atoms with E-state index in [0.717, 1.165) is 47.1 Å². The van der Waals surface area contributed by atoms with Crippen LogP contribution in [0.5, 0.6) is 0 Å². The summed E-state index contributed by atoms with van der Waals surface area (Å²) >= 11 is 1.81. The molecule has 3 aromatic heterocycles. The van der Waals surface area contributed by atoms with Crippen LogP contribution in [0.3, 0.4) is 0 Å². The first-order chi connectivity index (χ1) is 13.5. The Kier molecular flexibility index (Phi) is 4.10. The van der Waals surface area contributed by atoms with E-state index in [2.05, 4.69) is 52.9 Å². The molecule has 28 heavy (non-hydrogen) atoms. The van der Waals surface area contributed by atoms with Crippen LogP contribution < -0.4 is 4.90 Å². The molecule has 4 aromatic rings. The van der Waals surface area contributed by atoms with Gasteiger partial charge < -0.3 is 4.90 Å². The van der Waals surface area contributed by atoms with Gasteiger partial charge >= 0.3 is 0 Å². The molecule has 4 heterocycles. The highest BCUT2D eigenvalue weighted by Crippen LogP contribution is 2.36. The molecule has 0 amide bonds. The molecule has 0 saturated heterocycles. The minimum atomic E-state index is 0.566. The van der Waals surface area contributed by atoms with Crippen molar-refractivity contribution >= 4 is 32.9 Å². The second-order valence-corrected chi connectivity index (χ2v) is 8.97. The topological polar surface area (TPSA) is 49.6 Å². The van der Waals surface area contributed by atoms with E-state index in [-0.39, 0.29) is 0 Å². The molecule has 0 bridgehead atoms. The first-order valence-corrected chi connectivity index (χ1v) is 10.5. The van der Waals surface area contributed by atoms with E-state index in [4.69, 9.17) is 10.1 Å². The highest BCUT2D eigenvalue weighted by atomic mass is 32.1. The van der Waals surface area contributed by atoms with Crippen LogP contribution in [-0.2, 0) is 13.0 Å². The maximum Gasteiger partial charge on any atom is 0.182 e. The van der Waals surface area contributed by atoms with Gasteiger partial charge in [-0.1, -0.05) is 0 Å². The Bertz CT molecular complexity index is 1160. The first-order valence-electron chi connectivity index (χ1n) is 9.68. The zero-order valence-electron chi connectivity index (χ0n) is 16.7. The summed E-state index contributed by atoms with van der Waals surface area (Å²) in [6.45, 7) is 6.63. The maximum absolute atomic E-state index is 4.91. The number of fused-ring (bicyclic) bond motifs is 5. The lowest BCUT2D eigenvalue weighted by Crippen LogP contribution is -2.35. The van der Waals surface area contributed by atoms with E-state index in [1.807, 2.05) is 18.6 Å². The van der Waals surface area contributed by atoms with Crippen LogP contribution in [0, 0.1) is 0 Å². The third kappa shape index (κ3) is 2.77. The zero-order chi connectivity index (χ0) is 19.4. The summed E-state index contributed by atoms with van der Waals surface area (Å²) in [4.78, 5) is 16.7. The monoisotopic (exact) mass is 392 g/mol. The fourth-order valence-corrected chi connectivity index (χ4v) is 5.09. The Morgan fingerprint density at radius 2 is 1.93 bits per heavy atom. The van der Waals surface area contributed by atoms with E-state index in [0.29, 0.717) is 6.04 Å². The predicted octanol–water partition coefficient (Wildman–Crippen LogP) is 3.84. The smallest absolute Gasteiger partial charge is 0.182 e. The standard InChI is InChI=1S/C21H24N6S/c1-13(2)26-10-9-16-17(11-26)28-21-18(16)20-23-19(24-27(20)12-22-21)14-5-7-15(8-6-14)25(3)4/h5-8,12-13H,9-11H2,1-4H3. The molecule has 144 valence electrons. The van der Waals surface area contributed by atoms with Gasteiger partial charge in [0.1, 0.15) is 11.2 Å². The van der Waals surface area contributed by atoms with E-state index < -0.39 is 0 Å². The molecular weight excluding hydrogens is 368 g/mol. The first kappa shape index (κ1) is 17.6. The molecule has 1 aliphatic heterocycles. The minimum Gasteiger partial charge on any atom is -0.378 e. The Morgan fingerprint density at radius 3 is 2.64 bits per heavy atom. The summed E-state index contributed by atoms with van der Waals surface area (Å²) < 4.78 is 1.83. The maximum atomic E-state index is 4.91. The van der Waals surface area contributed by atoms with Gasteiger partial charge in [-0.15, -0.1) is 16.4 Å². The lowest BCUT2D eigenvalue weighted by molar-refractivity contribution is 0.206. The van der Waals surface area contributed by atoms with Gasteiger partial charge in [0.25, 0.3) is 0 Å². The third-order valence-electron chi connectivity index (χ3n) is 5.58. The molecule has 7 heteroatoms. The molecule has 0 spiro atoms. The molecule has 0 saturated carbocycles. The number of benzene rings is 1. The largest absolute Gasteiger partial charge is 0.378 e. The van der Waals surface area contributed by atoms with E-state index in [9.17, 15) is 0 Å². The van der Waals surface area contributed by atoms with Crippen molar-refractivity contribution in [3.05, 3.63) is 41.0 Å². The van der Waals surface area contributed by atoms with Crippen LogP contribution in [-0.4, -0.2) is 51.2 Å². The minimum absolute atomic E-state index is 0.566. The fraction of sp³-hybridized carbons (Fsp3) is 0.381. The number of hydrogen-bond donors (Lipinski definition) is 0. The van der Waals surface area contributed by atoms with Crippen LogP contribution in [0.25, 0.3) is 27.3 Å². The fourth-order valence-electron chi connectivity index (χ4n) is 3.88. The molecule has 0 aliphatic carbocycles. The van der Waals surface area contributed by atoms with Gasteiger partial charge in [-0.05, 0) is 50.1 Å². The molecule has 0 unspecified atom stereocenters. The number of anilines is 1. The van der Waals surface area contributed by atoms with Gasteiger partial charge in [0.05, 0.1) is 5.39 Å². The predicted molar refractivity (Wildman–Crippen MR) is 115 cm³/mol. The lowest BCUT2D eigenvalue weighted by atomic mass is 10.0. The van der Waals surface area contributed by atoms with Gasteiger partial charge in [-0.2, -0.15) is 0 Å². The molecule has 5 rings (SSSR count). The second kappa shape index (κ2) is 6.53. The SMILES string of the molecule is CC(C)N1CCc2c(sc3ncn4nc(-c5ccc(N(C)C)cc5)nc4c23)C1. The normalized spacial score (nSPS) is 14.9. The van der Waals surface area contributed by atoms with Crippen molar-refractivity contribution in [3.8, 4) is 11.4 Å². The van der Waals surface area contributed by atoms with Crippen molar-refractivity contribution in [1.29, 1.82) is 0 Å². The molecule has 1 aliphatic rings. The Morgan fingerprint density at radius 1 is 1.14 bits per heavy atom. The lowest BCUT2D eigenvalue weighted by Gasteiger charge is -2.30. The van der Waals surface area contributed by atoms with Gasteiger partial charge in [-0.25, -0.2) is 14.5 Å². The van der Waals surface area contributed by atoms with Crippen molar-refractivity contribution in [3.63, 3.8) is 0 Å². The summed E-state index contributed by atoms with van der Waals surface area (Å²) in [5.41, 5.74) is 4.53. The number of hydrogen-bond acceptors (Lipinski definition) is 6. The van der Waals surface area contributed by atoms with E-state index >= 15 is 0 Å². The molecule has 0 radical (unpaired) electrons. The van der Waals surface area contributed by atoms with Crippen molar-refractivity contribution in [2.45, 2.75) is 32.9 Å². The van der Waals surface area contributed by atoms with Crippen molar-refractivity contribution in [2.75, 3.05) is 25.5 Å². The molecule has 0 N–H and O–H groups in total. The van der Waals surface area contributed by atoms with Crippen LogP contribution in [0.4, 0.5) is 5.69 Å². The Labute approximate surface area is 168 Å². The number of rotatable bonds is 3. The van der Waals surface area contributed by atoms with Crippen LogP contribution >= 0.6 is 11.3 Å². The number of aromatic nitrogens is 4. The van der Waals surface area contributed by atoms with Crippen LogP contribution in [0.2, 0.25) is 0 Å². The molecule has 1 aromatic carbocycles. The number of nitrogens with zero attached hydrogens (tertiary/aromatic N) is 6. The van der Waals surface area contributed by atoms with Crippen LogP contribution in [0.1, 0.15) is 24.3 Å². The van der Waals surface area contributed by atoms with Crippen molar-refractivity contribution in [1.82, 2.24) is 24.5 Å². The highest BCUT2D eigenvalue weighted by Gasteiger charge is 2.25. The second-order valence-electron chi connectivity index (χ2n) is 7.89. The summed E-state index contributed by atoms with van der Waals surface area (Å²) in [5, 5.41) is 5.89. The van der Waals surface area contributed by atoms with Gasteiger partial charge in [-0.3, -0.25) is 4.90 Å². The molecule has 6 nitrogen and oxygen atoms in total. The highest BCUT2D eigenvalue weighted by molar-refractivity contribution is 7.19. The van der Waals surface area contributed by atoms with Gasteiger partial charge in [0.15, 0.2) is 11.5 Å². The summed E-state index contributed by atoms with van der Waals surface area (Å²) in [5.74, 6) is 0.749. The van der Waals surface area contributed by atoms with E-state index in [1.54, 1.807) is 17.7 Å². The Hall–Kier alpha value is -2.51. The zero-order valence-corrected chi connectivity index (χ0v) is 17.5. The molecule has 0 fully saturated rings. The summed E-state index contributed by atoms with van der Waals surface area (Å²) in [6, 6.07) is 8.93. The Balaban J connectivity index is 1.61. The average molecular weight is 393 g/mol. The van der Waals surface area contributed by atoms with Crippen LogP contribution in [0.15, 0.2) is 30.6 Å². The summed E-state index contributed by atoms with van der Waals surface area (Å²) in [6.07, 6.45) is 2.85. The number of thiophene rings is 1. The third-order valence-corrected chi connectivity index (χ3v) is 6.70. The van der Waals surface area contributed by atoms with Crippen molar-refractivity contribution < 1.29 is 0 Å². The quantitative estimate of drug-likeness (QED) is 0.530. The van der Waals surface area contributed by atoms with Gasteiger partial charge in [0.2, 0.25) is 0 Å². The van der Waals surface area contributed by atoms with E-state index in [1.165, 1.54) is 15.8 Å².